The minimum absolute atomic E-state index is 0.0409. The fourth-order valence-electron chi connectivity index (χ4n) is 2.01. The molecule has 1 rings (SSSR count). The normalized spacial score (nSPS) is 27.7. The molecular formula is C11H21NO2. The van der Waals surface area contributed by atoms with Gasteiger partial charge in [-0.15, -0.1) is 0 Å². The standard InChI is InChI=1S/C11H21NO2/c1-11(2,3)14-10(13)9-6-4-5-8(9)7-12/h8-9H,4-7,12H2,1-3H3/t8-,9+/m0/s1. The van der Waals surface area contributed by atoms with Crippen molar-refractivity contribution in [1.82, 2.24) is 0 Å². The van der Waals surface area contributed by atoms with Crippen LogP contribution in [0.3, 0.4) is 0 Å². The Hall–Kier alpha value is -0.570. The Balaban J connectivity index is 2.52. The minimum Gasteiger partial charge on any atom is -0.460 e. The van der Waals surface area contributed by atoms with Gasteiger partial charge in [-0.05, 0) is 46.1 Å². The topological polar surface area (TPSA) is 52.3 Å². The molecule has 2 N–H and O–H groups in total. The molecule has 0 aliphatic heterocycles. The first-order chi connectivity index (χ1) is 6.44. The van der Waals surface area contributed by atoms with E-state index in [9.17, 15) is 4.79 Å². The lowest BCUT2D eigenvalue weighted by atomic mass is 9.96. The van der Waals surface area contributed by atoms with E-state index in [2.05, 4.69) is 0 Å². The van der Waals surface area contributed by atoms with E-state index in [0.29, 0.717) is 12.5 Å². The summed E-state index contributed by atoms with van der Waals surface area (Å²) in [4.78, 5) is 11.8. The minimum atomic E-state index is -0.376. The molecule has 1 fully saturated rings. The van der Waals surface area contributed by atoms with E-state index in [1.165, 1.54) is 0 Å². The molecule has 2 atom stereocenters. The number of esters is 1. The maximum atomic E-state index is 11.8. The van der Waals surface area contributed by atoms with Gasteiger partial charge in [-0.2, -0.15) is 0 Å². The van der Waals surface area contributed by atoms with Crippen molar-refractivity contribution < 1.29 is 9.53 Å². The Morgan fingerprint density at radius 3 is 2.57 bits per heavy atom. The summed E-state index contributed by atoms with van der Waals surface area (Å²) in [7, 11) is 0. The average molecular weight is 199 g/mol. The Morgan fingerprint density at radius 1 is 1.43 bits per heavy atom. The number of ether oxygens (including phenoxy) is 1. The van der Waals surface area contributed by atoms with Crippen LogP contribution in [-0.4, -0.2) is 18.1 Å². The van der Waals surface area contributed by atoms with Crippen LogP contribution in [0.5, 0.6) is 0 Å². The van der Waals surface area contributed by atoms with E-state index in [0.717, 1.165) is 19.3 Å². The molecule has 82 valence electrons. The van der Waals surface area contributed by atoms with Gasteiger partial charge in [-0.3, -0.25) is 4.79 Å². The Bertz CT molecular complexity index is 208. The summed E-state index contributed by atoms with van der Waals surface area (Å²) in [6.45, 7) is 6.30. The number of hydrogen-bond acceptors (Lipinski definition) is 3. The van der Waals surface area contributed by atoms with E-state index in [1.54, 1.807) is 0 Å². The van der Waals surface area contributed by atoms with Crippen LogP contribution in [0.4, 0.5) is 0 Å². The van der Waals surface area contributed by atoms with Gasteiger partial charge in [0.2, 0.25) is 0 Å². The van der Waals surface area contributed by atoms with E-state index < -0.39 is 0 Å². The molecule has 14 heavy (non-hydrogen) atoms. The Kier molecular flexibility index (Phi) is 3.53. The predicted molar refractivity (Wildman–Crippen MR) is 55.7 cm³/mol. The molecule has 0 bridgehead atoms. The van der Waals surface area contributed by atoms with Crippen LogP contribution in [0.15, 0.2) is 0 Å². The van der Waals surface area contributed by atoms with Gasteiger partial charge in [0, 0.05) is 0 Å². The third kappa shape index (κ3) is 2.98. The summed E-state index contributed by atoms with van der Waals surface area (Å²) in [5.74, 6) is 0.314. The van der Waals surface area contributed by atoms with Gasteiger partial charge < -0.3 is 10.5 Å². The molecule has 0 heterocycles. The summed E-state index contributed by atoms with van der Waals surface area (Å²) >= 11 is 0. The summed E-state index contributed by atoms with van der Waals surface area (Å²) in [6, 6.07) is 0. The van der Waals surface area contributed by atoms with Gasteiger partial charge >= 0.3 is 5.97 Å². The van der Waals surface area contributed by atoms with Crippen LogP contribution in [-0.2, 0) is 9.53 Å². The summed E-state index contributed by atoms with van der Waals surface area (Å²) < 4.78 is 5.36. The van der Waals surface area contributed by atoms with Crippen LogP contribution in [0.25, 0.3) is 0 Å². The van der Waals surface area contributed by atoms with Crippen molar-refractivity contribution >= 4 is 5.97 Å². The quantitative estimate of drug-likeness (QED) is 0.689. The molecule has 0 aromatic carbocycles. The van der Waals surface area contributed by atoms with E-state index in [1.807, 2.05) is 20.8 Å². The molecule has 1 saturated carbocycles. The van der Waals surface area contributed by atoms with Gasteiger partial charge in [-0.1, -0.05) is 6.42 Å². The first-order valence-electron chi connectivity index (χ1n) is 5.37. The smallest absolute Gasteiger partial charge is 0.309 e. The van der Waals surface area contributed by atoms with Gasteiger partial charge in [0.05, 0.1) is 5.92 Å². The highest BCUT2D eigenvalue weighted by atomic mass is 16.6. The molecule has 0 saturated heterocycles. The van der Waals surface area contributed by atoms with E-state index >= 15 is 0 Å². The third-order valence-corrected chi connectivity index (χ3v) is 2.67. The van der Waals surface area contributed by atoms with Crippen molar-refractivity contribution in [1.29, 1.82) is 0 Å². The summed E-state index contributed by atoms with van der Waals surface area (Å²) in [5.41, 5.74) is 5.24. The molecular weight excluding hydrogens is 178 g/mol. The van der Waals surface area contributed by atoms with Crippen LogP contribution < -0.4 is 5.73 Å². The van der Waals surface area contributed by atoms with Gasteiger partial charge in [0.25, 0.3) is 0 Å². The molecule has 3 nitrogen and oxygen atoms in total. The number of nitrogens with two attached hydrogens (primary N) is 1. The number of carbonyl (C=O) groups is 1. The highest BCUT2D eigenvalue weighted by Crippen LogP contribution is 2.32. The second kappa shape index (κ2) is 4.30. The second-order valence-corrected chi connectivity index (χ2v) is 5.07. The zero-order valence-electron chi connectivity index (χ0n) is 9.38. The summed E-state index contributed by atoms with van der Waals surface area (Å²) in [5, 5.41) is 0. The lowest BCUT2D eigenvalue weighted by molar-refractivity contribution is -0.161. The summed E-state index contributed by atoms with van der Waals surface area (Å²) in [6.07, 6.45) is 3.11. The molecule has 3 heteroatoms. The van der Waals surface area contributed by atoms with Crippen molar-refractivity contribution in [2.45, 2.75) is 45.6 Å². The average Bonchev–Trinajstić information content (AvgIpc) is 2.47. The van der Waals surface area contributed by atoms with Crippen molar-refractivity contribution in [3.8, 4) is 0 Å². The number of rotatable bonds is 2. The second-order valence-electron chi connectivity index (χ2n) is 5.07. The number of hydrogen-bond donors (Lipinski definition) is 1. The Morgan fingerprint density at radius 2 is 2.07 bits per heavy atom. The molecule has 0 aromatic heterocycles. The van der Waals surface area contributed by atoms with E-state index in [-0.39, 0.29) is 17.5 Å². The monoisotopic (exact) mass is 199 g/mol. The molecule has 0 radical (unpaired) electrons. The lowest BCUT2D eigenvalue weighted by Gasteiger charge is -2.24. The van der Waals surface area contributed by atoms with Crippen LogP contribution in [0.1, 0.15) is 40.0 Å². The highest BCUT2D eigenvalue weighted by Gasteiger charge is 2.34. The predicted octanol–water partition coefficient (Wildman–Crippen LogP) is 1.70. The molecule has 0 unspecified atom stereocenters. The maximum Gasteiger partial charge on any atom is 0.309 e. The molecule has 0 spiro atoms. The van der Waals surface area contributed by atoms with Crippen molar-refractivity contribution in [3.63, 3.8) is 0 Å². The molecule has 0 amide bonds. The number of carbonyl (C=O) groups excluding carboxylic acids is 1. The first-order valence-corrected chi connectivity index (χ1v) is 5.37. The Labute approximate surface area is 86.0 Å². The van der Waals surface area contributed by atoms with Crippen molar-refractivity contribution in [2.24, 2.45) is 17.6 Å². The van der Waals surface area contributed by atoms with Gasteiger partial charge in [-0.25, -0.2) is 0 Å². The van der Waals surface area contributed by atoms with Crippen LogP contribution in [0, 0.1) is 11.8 Å². The largest absolute Gasteiger partial charge is 0.460 e. The van der Waals surface area contributed by atoms with Crippen molar-refractivity contribution in [2.75, 3.05) is 6.54 Å². The SMILES string of the molecule is CC(C)(C)OC(=O)[C@@H]1CCC[C@H]1CN. The first kappa shape index (κ1) is 11.5. The lowest BCUT2D eigenvalue weighted by Crippen LogP contribution is -2.32. The fourth-order valence-corrected chi connectivity index (χ4v) is 2.01. The zero-order valence-corrected chi connectivity index (χ0v) is 9.38. The zero-order chi connectivity index (χ0) is 10.8. The fraction of sp³-hybridized carbons (Fsp3) is 0.909. The van der Waals surface area contributed by atoms with E-state index in [4.69, 9.17) is 10.5 Å². The van der Waals surface area contributed by atoms with Crippen molar-refractivity contribution in [3.05, 3.63) is 0 Å². The van der Waals surface area contributed by atoms with Gasteiger partial charge in [0.1, 0.15) is 5.60 Å². The molecule has 1 aliphatic rings. The molecule has 1 aliphatic carbocycles. The van der Waals surface area contributed by atoms with Gasteiger partial charge in [0.15, 0.2) is 0 Å². The maximum absolute atomic E-state index is 11.8. The highest BCUT2D eigenvalue weighted by molar-refractivity contribution is 5.73. The molecule has 0 aromatic rings. The van der Waals surface area contributed by atoms with Crippen LogP contribution in [0.2, 0.25) is 0 Å². The van der Waals surface area contributed by atoms with Crippen LogP contribution >= 0.6 is 0 Å². The third-order valence-electron chi connectivity index (χ3n) is 2.67.